The molecule has 1 aliphatic rings. The predicted octanol–water partition coefficient (Wildman–Crippen LogP) is 1.24. The molecule has 100 valence electrons. The second kappa shape index (κ2) is 4.70. The van der Waals surface area contributed by atoms with Crippen molar-refractivity contribution in [2.24, 2.45) is 0 Å². The van der Waals surface area contributed by atoms with Crippen molar-refractivity contribution in [1.82, 2.24) is 19.9 Å². The van der Waals surface area contributed by atoms with Gasteiger partial charge in [-0.15, -0.1) is 11.6 Å². The van der Waals surface area contributed by atoms with E-state index in [2.05, 4.69) is 15.3 Å². The van der Waals surface area contributed by atoms with Gasteiger partial charge < -0.3 is 14.6 Å². The summed E-state index contributed by atoms with van der Waals surface area (Å²) in [5, 5.41) is 2.81. The quantitative estimate of drug-likeness (QED) is 0.859. The summed E-state index contributed by atoms with van der Waals surface area (Å²) in [5.74, 6) is 1.56. The van der Waals surface area contributed by atoms with Crippen LogP contribution in [-0.4, -0.2) is 34.1 Å². The maximum atomic E-state index is 11.4. The number of rotatable bonds is 3. The standard InChI is InChI=1S/C12H13ClN4O2/c1-19-11-3-2-8-12(16-11)17(9(5-13)15-8)7-4-10(18)14-6-7/h2-3,7H,4-6H2,1H3,(H,14,18). The third-order valence-electron chi connectivity index (χ3n) is 3.23. The van der Waals surface area contributed by atoms with Crippen LogP contribution < -0.4 is 10.1 Å². The second-order valence-electron chi connectivity index (χ2n) is 4.39. The minimum absolute atomic E-state index is 0.00542. The number of methoxy groups -OCH3 is 1. The van der Waals surface area contributed by atoms with Gasteiger partial charge in [-0.05, 0) is 6.07 Å². The summed E-state index contributed by atoms with van der Waals surface area (Å²) in [6, 6.07) is 3.61. The van der Waals surface area contributed by atoms with Crippen LogP contribution >= 0.6 is 11.6 Å². The van der Waals surface area contributed by atoms with E-state index in [1.165, 1.54) is 0 Å². The molecule has 3 heterocycles. The van der Waals surface area contributed by atoms with Crippen LogP contribution in [0.4, 0.5) is 0 Å². The van der Waals surface area contributed by atoms with Crippen LogP contribution in [0, 0.1) is 0 Å². The lowest BCUT2D eigenvalue weighted by Crippen LogP contribution is -2.16. The molecule has 1 amide bonds. The smallest absolute Gasteiger partial charge is 0.222 e. The number of halogens is 1. The molecule has 1 aliphatic heterocycles. The van der Waals surface area contributed by atoms with Crippen LogP contribution in [0.2, 0.25) is 0 Å². The van der Waals surface area contributed by atoms with Crippen LogP contribution in [0.15, 0.2) is 12.1 Å². The maximum Gasteiger partial charge on any atom is 0.222 e. The van der Waals surface area contributed by atoms with Crippen LogP contribution in [0.3, 0.4) is 0 Å². The fraction of sp³-hybridized carbons (Fsp3) is 0.417. The third-order valence-corrected chi connectivity index (χ3v) is 3.47. The minimum atomic E-state index is 0.00542. The molecular formula is C12H13ClN4O2. The Morgan fingerprint density at radius 2 is 2.37 bits per heavy atom. The molecule has 0 aliphatic carbocycles. The number of nitrogens with one attached hydrogen (secondary N) is 1. The van der Waals surface area contributed by atoms with Gasteiger partial charge in [-0.25, -0.2) is 4.98 Å². The Kier molecular flexibility index (Phi) is 3.02. The van der Waals surface area contributed by atoms with Gasteiger partial charge in [0.1, 0.15) is 11.3 Å². The number of hydrogen-bond acceptors (Lipinski definition) is 4. The second-order valence-corrected chi connectivity index (χ2v) is 4.66. The first-order valence-corrected chi connectivity index (χ1v) is 6.51. The fourth-order valence-corrected chi connectivity index (χ4v) is 2.56. The topological polar surface area (TPSA) is 69.0 Å². The van der Waals surface area contributed by atoms with E-state index in [9.17, 15) is 4.79 Å². The van der Waals surface area contributed by atoms with Crippen molar-refractivity contribution >= 4 is 28.7 Å². The average Bonchev–Trinajstić information content (AvgIpc) is 3.00. The molecule has 19 heavy (non-hydrogen) atoms. The molecule has 2 aromatic rings. The van der Waals surface area contributed by atoms with Crippen LogP contribution in [0.5, 0.6) is 5.88 Å². The molecule has 0 spiro atoms. The van der Waals surface area contributed by atoms with Crippen molar-refractivity contribution in [3.05, 3.63) is 18.0 Å². The fourth-order valence-electron chi connectivity index (χ4n) is 2.37. The molecule has 1 saturated heterocycles. The van der Waals surface area contributed by atoms with Gasteiger partial charge in [0.15, 0.2) is 5.65 Å². The Hall–Kier alpha value is -1.82. The number of carbonyl (C=O) groups is 1. The highest BCUT2D eigenvalue weighted by Crippen LogP contribution is 2.26. The van der Waals surface area contributed by atoms with Gasteiger partial charge in [-0.3, -0.25) is 4.79 Å². The number of imidazole rings is 1. The Labute approximate surface area is 114 Å². The summed E-state index contributed by atoms with van der Waals surface area (Å²) in [7, 11) is 1.57. The molecule has 7 heteroatoms. The minimum Gasteiger partial charge on any atom is -0.481 e. The molecule has 1 fully saturated rings. The van der Waals surface area contributed by atoms with E-state index in [-0.39, 0.29) is 17.8 Å². The van der Waals surface area contributed by atoms with Crippen molar-refractivity contribution in [2.45, 2.75) is 18.3 Å². The summed E-state index contributed by atoms with van der Waals surface area (Å²) < 4.78 is 7.07. The summed E-state index contributed by atoms with van der Waals surface area (Å²) in [6.45, 7) is 0.576. The Balaban J connectivity index is 2.16. The van der Waals surface area contributed by atoms with E-state index in [4.69, 9.17) is 16.3 Å². The number of fused-ring (bicyclic) bond motifs is 1. The summed E-state index contributed by atoms with van der Waals surface area (Å²) in [5.41, 5.74) is 1.47. The number of amides is 1. The number of hydrogen-bond donors (Lipinski definition) is 1. The predicted molar refractivity (Wildman–Crippen MR) is 70.3 cm³/mol. The number of nitrogens with zero attached hydrogens (tertiary/aromatic N) is 3. The molecule has 3 rings (SSSR count). The SMILES string of the molecule is COc1ccc2nc(CCl)n(C3CNC(=O)C3)c2n1. The number of alkyl halides is 1. The molecule has 2 aromatic heterocycles. The first-order valence-electron chi connectivity index (χ1n) is 5.97. The van der Waals surface area contributed by atoms with Gasteiger partial charge in [0.25, 0.3) is 0 Å². The number of ether oxygens (including phenoxy) is 1. The zero-order valence-electron chi connectivity index (χ0n) is 10.4. The van der Waals surface area contributed by atoms with E-state index in [1.54, 1.807) is 13.2 Å². The first-order chi connectivity index (χ1) is 9.22. The molecule has 1 atom stereocenters. The maximum absolute atomic E-state index is 11.4. The highest BCUT2D eigenvalue weighted by molar-refractivity contribution is 6.16. The van der Waals surface area contributed by atoms with E-state index in [0.29, 0.717) is 24.5 Å². The lowest BCUT2D eigenvalue weighted by Gasteiger charge is -2.13. The third kappa shape index (κ3) is 2.02. The van der Waals surface area contributed by atoms with Crippen molar-refractivity contribution < 1.29 is 9.53 Å². The normalized spacial score (nSPS) is 18.8. The van der Waals surface area contributed by atoms with Crippen LogP contribution in [0.25, 0.3) is 11.2 Å². The molecule has 0 bridgehead atoms. The summed E-state index contributed by atoms with van der Waals surface area (Å²) in [4.78, 5) is 20.2. The summed E-state index contributed by atoms with van der Waals surface area (Å²) >= 11 is 5.94. The van der Waals surface area contributed by atoms with Gasteiger partial charge in [-0.1, -0.05) is 0 Å². The Morgan fingerprint density at radius 3 is 3.00 bits per heavy atom. The molecule has 1 unspecified atom stereocenters. The lowest BCUT2D eigenvalue weighted by molar-refractivity contribution is -0.119. The van der Waals surface area contributed by atoms with E-state index < -0.39 is 0 Å². The monoisotopic (exact) mass is 280 g/mol. The molecule has 0 radical (unpaired) electrons. The Morgan fingerprint density at radius 1 is 1.53 bits per heavy atom. The Bertz CT molecular complexity index is 640. The van der Waals surface area contributed by atoms with Gasteiger partial charge in [0.05, 0.1) is 19.0 Å². The molecular weight excluding hydrogens is 268 g/mol. The van der Waals surface area contributed by atoms with Gasteiger partial charge in [0, 0.05) is 19.0 Å². The van der Waals surface area contributed by atoms with Crippen LogP contribution in [-0.2, 0) is 10.7 Å². The highest BCUT2D eigenvalue weighted by atomic mass is 35.5. The van der Waals surface area contributed by atoms with Crippen molar-refractivity contribution in [3.8, 4) is 5.88 Å². The molecule has 0 aromatic carbocycles. The van der Waals surface area contributed by atoms with Crippen molar-refractivity contribution in [1.29, 1.82) is 0 Å². The lowest BCUT2D eigenvalue weighted by atomic mass is 10.2. The number of carbonyl (C=O) groups excluding carboxylic acids is 1. The average molecular weight is 281 g/mol. The zero-order chi connectivity index (χ0) is 13.4. The first kappa shape index (κ1) is 12.2. The van der Waals surface area contributed by atoms with E-state index >= 15 is 0 Å². The molecule has 0 saturated carbocycles. The molecule has 6 nitrogen and oxygen atoms in total. The van der Waals surface area contributed by atoms with Gasteiger partial charge in [-0.2, -0.15) is 4.98 Å². The van der Waals surface area contributed by atoms with Gasteiger partial charge in [0.2, 0.25) is 11.8 Å². The number of pyridine rings is 1. The largest absolute Gasteiger partial charge is 0.481 e. The van der Waals surface area contributed by atoms with Crippen molar-refractivity contribution in [3.63, 3.8) is 0 Å². The van der Waals surface area contributed by atoms with Crippen molar-refractivity contribution in [2.75, 3.05) is 13.7 Å². The van der Waals surface area contributed by atoms with Gasteiger partial charge >= 0.3 is 0 Å². The van der Waals surface area contributed by atoms with Crippen LogP contribution in [0.1, 0.15) is 18.3 Å². The molecule has 1 N–H and O–H groups in total. The highest BCUT2D eigenvalue weighted by Gasteiger charge is 2.27. The zero-order valence-corrected chi connectivity index (χ0v) is 11.1. The van der Waals surface area contributed by atoms with E-state index in [0.717, 1.165) is 11.3 Å². The summed E-state index contributed by atoms with van der Waals surface area (Å²) in [6.07, 6.45) is 0.425. The number of aromatic nitrogens is 3. The van der Waals surface area contributed by atoms with E-state index in [1.807, 2.05) is 10.6 Å².